The van der Waals surface area contributed by atoms with Gasteiger partial charge in [-0.15, -0.1) is 0 Å². The summed E-state index contributed by atoms with van der Waals surface area (Å²) in [6, 6.07) is 1.33. The first-order valence-electron chi connectivity index (χ1n) is 6.24. The van der Waals surface area contributed by atoms with E-state index in [1.54, 1.807) is 13.0 Å². The van der Waals surface area contributed by atoms with Crippen LogP contribution in [0.3, 0.4) is 0 Å². The van der Waals surface area contributed by atoms with Crippen molar-refractivity contribution in [1.82, 2.24) is 9.97 Å². The smallest absolute Gasteiger partial charge is 0.239 e. The van der Waals surface area contributed by atoms with Crippen molar-refractivity contribution in [2.45, 2.75) is 39.7 Å². The van der Waals surface area contributed by atoms with E-state index >= 15 is 0 Å². The van der Waals surface area contributed by atoms with Crippen LogP contribution in [0.25, 0.3) is 0 Å². The van der Waals surface area contributed by atoms with Gasteiger partial charge in [0.1, 0.15) is 23.5 Å². The zero-order chi connectivity index (χ0) is 13.5. The molecule has 1 atom stereocenters. The van der Waals surface area contributed by atoms with E-state index in [1.807, 2.05) is 6.92 Å². The predicted molar refractivity (Wildman–Crippen MR) is 72.5 cm³/mol. The fourth-order valence-electron chi connectivity index (χ4n) is 1.47. The number of amides is 1. The van der Waals surface area contributed by atoms with E-state index in [9.17, 15) is 4.79 Å². The zero-order valence-corrected chi connectivity index (χ0v) is 11.2. The van der Waals surface area contributed by atoms with Crippen molar-refractivity contribution < 1.29 is 4.79 Å². The Bertz CT molecular complexity index is 383. The van der Waals surface area contributed by atoms with Crippen molar-refractivity contribution in [3.8, 4) is 0 Å². The number of primary amides is 1. The average Bonchev–Trinajstić information content (AvgIpc) is 2.29. The maximum atomic E-state index is 11.0. The number of carbonyl (C=O) groups is 1. The fraction of sp³-hybridized carbons (Fsp3) is 0.583. The molecule has 0 saturated carbocycles. The van der Waals surface area contributed by atoms with Crippen molar-refractivity contribution in [3.63, 3.8) is 0 Å². The largest absolute Gasteiger partial charge is 0.370 e. The first-order valence-corrected chi connectivity index (χ1v) is 6.24. The van der Waals surface area contributed by atoms with Crippen LogP contribution in [0.2, 0.25) is 0 Å². The lowest BCUT2D eigenvalue weighted by atomic mass is 10.3. The van der Waals surface area contributed by atoms with Crippen LogP contribution >= 0.6 is 0 Å². The second-order valence-electron chi connectivity index (χ2n) is 4.10. The molecule has 100 valence electrons. The van der Waals surface area contributed by atoms with Crippen molar-refractivity contribution in [2.75, 3.05) is 17.2 Å². The highest BCUT2D eigenvalue weighted by Crippen LogP contribution is 2.13. The van der Waals surface area contributed by atoms with Gasteiger partial charge in [-0.2, -0.15) is 0 Å². The van der Waals surface area contributed by atoms with Crippen LogP contribution in [0.5, 0.6) is 0 Å². The summed E-state index contributed by atoms with van der Waals surface area (Å²) in [4.78, 5) is 19.8. The highest BCUT2D eigenvalue weighted by atomic mass is 16.1. The second-order valence-corrected chi connectivity index (χ2v) is 4.10. The van der Waals surface area contributed by atoms with Crippen LogP contribution in [0.15, 0.2) is 6.07 Å². The van der Waals surface area contributed by atoms with Gasteiger partial charge in [-0.3, -0.25) is 4.79 Å². The van der Waals surface area contributed by atoms with Gasteiger partial charge in [0.2, 0.25) is 5.91 Å². The maximum absolute atomic E-state index is 11.0. The molecule has 0 fully saturated rings. The number of nitrogens with zero attached hydrogens (tertiary/aromatic N) is 2. The Labute approximate surface area is 107 Å². The molecule has 1 amide bonds. The van der Waals surface area contributed by atoms with Gasteiger partial charge in [-0.25, -0.2) is 9.97 Å². The molecule has 6 nitrogen and oxygen atoms in total. The molecule has 0 spiro atoms. The van der Waals surface area contributed by atoms with Gasteiger partial charge in [-0.1, -0.05) is 6.92 Å². The van der Waals surface area contributed by atoms with E-state index in [4.69, 9.17) is 5.73 Å². The molecule has 4 N–H and O–H groups in total. The molecule has 0 aliphatic rings. The Morgan fingerprint density at radius 1 is 1.39 bits per heavy atom. The molecule has 0 aliphatic carbocycles. The van der Waals surface area contributed by atoms with Crippen LogP contribution in [0.4, 0.5) is 11.6 Å². The summed E-state index contributed by atoms with van der Waals surface area (Å²) in [6.45, 7) is 6.56. The quantitative estimate of drug-likeness (QED) is 0.676. The van der Waals surface area contributed by atoms with E-state index in [1.165, 1.54) is 0 Å². The normalized spacial score (nSPS) is 11.9. The predicted octanol–water partition coefficient (Wildman–Crippen LogP) is 1.15. The number of hydrogen-bond acceptors (Lipinski definition) is 5. The first kappa shape index (κ1) is 14.2. The number of anilines is 2. The number of hydrogen-bond donors (Lipinski definition) is 3. The van der Waals surface area contributed by atoms with Crippen LogP contribution < -0.4 is 16.4 Å². The minimum atomic E-state index is -0.455. The molecule has 6 heteroatoms. The molecular formula is C12H21N5O. The molecule has 1 rings (SSSR count). The minimum Gasteiger partial charge on any atom is -0.370 e. The van der Waals surface area contributed by atoms with Gasteiger partial charge in [0.25, 0.3) is 0 Å². The summed E-state index contributed by atoms with van der Waals surface area (Å²) < 4.78 is 0. The Hall–Kier alpha value is -1.85. The third-order valence-corrected chi connectivity index (χ3v) is 2.40. The third kappa shape index (κ3) is 4.20. The maximum Gasteiger partial charge on any atom is 0.239 e. The molecule has 1 aromatic heterocycles. The van der Waals surface area contributed by atoms with E-state index in [-0.39, 0.29) is 0 Å². The number of nitrogens with one attached hydrogen (secondary N) is 2. The van der Waals surface area contributed by atoms with Crippen LogP contribution in [0, 0.1) is 0 Å². The summed E-state index contributed by atoms with van der Waals surface area (Å²) >= 11 is 0. The van der Waals surface area contributed by atoms with Crippen LogP contribution in [-0.2, 0) is 11.2 Å². The molecule has 1 aromatic rings. The standard InChI is InChI=1S/C12H21N5O/c1-4-6-9-16-10(14-5-2)7-11(17-9)15-8(3)12(13)18/h7-8H,4-6H2,1-3H3,(H2,13,18)(H2,14,15,16,17). The molecule has 0 aromatic carbocycles. The number of aryl methyl sites for hydroxylation is 1. The summed E-state index contributed by atoms with van der Waals surface area (Å²) in [5, 5.41) is 6.12. The van der Waals surface area contributed by atoms with Gasteiger partial charge in [0.15, 0.2) is 0 Å². The number of rotatable bonds is 7. The SMILES string of the molecule is CCCc1nc(NCC)cc(NC(C)C(N)=O)n1. The number of nitrogens with two attached hydrogens (primary N) is 1. The molecule has 1 unspecified atom stereocenters. The van der Waals surface area contributed by atoms with Crippen molar-refractivity contribution in [1.29, 1.82) is 0 Å². The highest BCUT2D eigenvalue weighted by molar-refractivity contribution is 5.82. The Balaban J connectivity index is 2.91. The number of carbonyl (C=O) groups excluding carboxylic acids is 1. The van der Waals surface area contributed by atoms with Crippen molar-refractivity contribution in [3.05, 3.63) is 11.9 Å². The number of aromatic nitrogens is 2. The molecule has 0 saturated heterocycles. The molecular weight excluding hydrogens is 230 g/mol. The Morgan fingerprint density at radius 2 is 2.06 bits per heavy atom. The van der Waals surface area contributed by atoms with Gasteiger partial charge < -0.3 is 16.4 Å². The van der Waals surface area contributed by atoms with Gasteiger partial charge in [-0.05, 0) is 20.3 Å². The summed E-state index contributed by atoms with van der Waals surface area (Å²) in [7, 11) is 0. The Kier molecular flexibility index (Phi) is 5.35. The van der Waals surface area contributed by atoms with Gasteiger partial charge in [0.05, 0.1) is 0 Å². The lowest BCUT2D eigenvalue weighted by Gasteiger charge is -2.13. The van der Waals surface area contributed by atoms with Gasteiger partial charge >= 0.3 is 0 Å². The van der Waals surface area contributed by atoms with E-state index < -0.39 is 11.9 Å². The van der Waals surface area contributed by atoms with E-state index in [0.29, 0.717) is 5.82 Å². The zero-order valence-electron chi connectivity index (χ0n) is 11.2. The second kappa shape index (κ2) is 6.78. The molecule has 0 bridgehead atoms. The summed E-state index contributed by atoms with van der Waals surface area (Å²) in [6.07, 6.45) is 1.78. The molecule has 18 heavy (non-hydrogen) atoms. The van der Waals surface area contributed by atoms with Crippen molar-refractivity contribution in [2.24, 2.45) is 5.73 Å². The average molecular weight is 251 g/mol. The summed E-state index contributed by atoms with van der Waals surface area (Å²) in [5.74, 6) is 1.73. The lowest BCUT2D eigenvalue weighted by molar-refractivity contribution is -0.118. The van der Waals surface area contributed by atoms with Crippen LogP contribution in [0.1, 0.15) is 33.0 Å². The minimum absolute atomic E-state index is 0.407. The third-order valence-electron chi connectivity index (χ3n) is 2.40. The molecule has 0 aliphatic heterocycles. The lowest BCUT2D eigenvalue weighted by Crippen LogP contribution is -2.32. The monoisotopic (exact) mass is 251 g/mol. The first-order chi connectivity index (χ1) is 8.56. The van der Waals surface area contributed by atoms with Crippen molar-refractivity contribution >= 4 is 17.5 Å². The topological polar surface area (TPSA) is 92.9 Å². The fourth-order valence-corrected chi connectivity index (χ4v) is 1.47. The van der Waals surface area contributed by atoms with E-state index in [2.05, 4.69) is 27.5 Å². The molecule has 0 radical (unpaired) electrons. The van der Waals surface area contributed by atoms with Crippen LogP contribution in [-0.4, -0.2) is 28.5 Å². The summed E-state index contributed by atoms with van der Waals surface area (Å²) in [5.41, 5.74) is 5.22. The Morgan fingerprint density at radius 3 is 2.61 bits per heavy atom. The van der Waals surface area contributed by atoms with Gasteiger partial charge in [0, 0.05) is 19.0 Å². The highest BCUT2D eigenvalue weighted by Gasteiger charge is 2.10. The van der Waals surface area contributed by atoms with E-state index in [0.717, 1.165) is 31.0 Å². The molecule has 1 heterocycles.